The number of nitrogens with zero attached hydrogens (tertiary/aromatic N) is 5. The smallest absolute Gasteiger partial charge is 0.255 e. The minimum atomic E-state index is -0.124. The molecule has 3 aromatic heterocycles. The van der Waals surface area contributed by atoms with Crippen LogP contribution in [0.2, 0.25) is 0 Å². The number of pyridine rings is 1. The number of aromatic nitrogens is 5. The number of nitrogens with one attached hydrogen (secondary N) is 2. The quantitative estimate of drug-likeness (QED) is 0.490. The van der Waals surface area contributed by atoms with Gasteiger partial charge >= 0.3 is 0 Å². The van der Waals surface area contributed by atoms with E-state index in [-0.39, 0.29) is 24.2 Å². The van der Waals surface area contributed by atoms with Crippen LogP contribution in [0.15, 0.2) is 55.1 Å². The maximum Gasteiger partial charge on any atom is 0.255 e. The van der Waals surface area contributed by atoms with Crippen molar-refractivity contribution in [1.29, 1.82) is 0 Å². The summed E-state index contributed by atoms with van der Waals surface area (Å²) >= 11 is 0. The second-order valence-electron chi connectivity index (χ2n) is 8.20. The molecular formula is C24H23N7O2. The van der Waals surface area contributed by atoms with Gasteiger partial charge in [0.05, 0.1) is 17.7 Å². The Morgan fingerprint density at radius 3 is 2.91 bits per heavy atom. The lowest BCUT2D eigenvalue weighted by atomic mass is 9.89. The molecule has 1 unspecified atom stereocenters. The van der Waals surface area contributed by atoms with Crippen molar-refractivity contribution in [1.82, 2.24) is 35.4 Å². The van der Waals surface area contributed by atoms with Crippen molar-refractivity contribution in [2.75, 3.05) is 13.1 Å². The van der Waals surface area contributed by atoms with E-state index in [2.05, 4.69) is 36.5 Å². The predicted molar refractivity (Wildman–Crippen MR) is 121 cm³/mol. The highest BCUT2D eigenvalue weighted by molar-refractivity contribution is 5.97. The Balaban J connectivity index is 1.33. The fraction of sp³-hybridized carbons (Fsp3) is 0.250. The third-order valence-corrected chi connectivity index (χ3v) is 5.94. The summed E-state index contributed by atoms with van der Waals surface area (Å²) in [6.07, 6.45) is 6.47. The second kappa shape index (κ2) is 8.78. The van der Waals surface area contributed by atoms with Crippen molar-refractivity contribution < 1.29 is 9.59 Å². The van der Waals surface area contributed by atoms with E-state index < -0.39 is 0 Å². The highest BCUT2D eigenvalue weighted by atomic mass is 16.2. The monoisotopic (exact) mass is 441 g/mol. The number of carbonyl (C=O) groups is 2. The summed E-state index contributed by atoms with van der Waals surface area (Å²) < 4.78 is 0. The highest BCUT2D eigenvalue weighted by Gasteiger charge is 2.29. The SMILES string of the molecule is Cc1[nH]nc2ncc(C(=O)N3Cc4ccccc4C(CNC(=O)Cc4cnccn4)C3)cc12. The molecule has 2 N–H and O–H groups in total. The van der Waals surface area contributed by atoms with E-state index in [4.69, 9.17) is 0 Å². The number of fused-ring (bicyclic) bond motifs is 2. The molecule has 5 rings (SSSR count). The summed E-state index contributed by atoms with van der Waals surface area (Å²) in [6.45, 7) is 3.35. The van der Waals surface area contributed by atoms with Crippen molar-refractivity contribution in [3.63, 3.8) is 0 Å². The molecule has 0 radical (unpaired) electrons. The van der Waals surface area contributed by atoms with Crippen molar-refractivity contribution in [2.45, 2.75) is 25.8 Å². The van der Waals surface area contributed by atoms with Gasteiger partial charge in [0, 0.05) is 61.4 Å². The molecule has 9 nitrogen and oxygen atoms in total. The lowest BCUT2D eigenvalue weighted by Gasteiger charge is -2.35. The number of aryl methyl sites for hydroxylation is 1. The van der Waals surface area contributed by atoms with Crippen LogP contribution < -0.4 is 5.32 Å². The second-order valence-corrected chi connectivity index (χ2v) is 8.20. The fourth-order valence-corrected chi connectivity index (χ4v) is 4.24. The van der Waals surface area contributed by atoms with Crippen LogP contribution in [0.1, 0.15) is 38.8 Å². The van der Waals surface area contributed by atoms with E-state index in [0.717, 1.165) is 22.2 Å². The highest BCUT2D eigenvalue weighted by Crippen LogP contribution is 2.29. The number of amides is 2. The summed E-state index contributed by atoms with van der Waals surface area (Å²) in [5.74, 6) is -0.228. The van der Waals surface area contributed by atoms with Crippen LogP contribution in [0.3, 0.4) is 0 Å². The van der Waals surface area contributed by atoms with E-state index in [1.807, 2.05) is 36.1 Å². The van der Waals surface area contributed by atoms with Gasteiger partial charge in [0.1, 0.15) is 0 Å². The fourth-order valence-electron chi connectivity index (χ4n) is 4.24. The summed E-state index contributed by atoms with van der Waals surface area (Å²) in [4.78, 5) is 40.1. The Kier molecular flexibility index (Phi) is 5.52. The lowest BCUT2D eigenvalue weighted by molar-refractivity contribution is -0.120. The van der Waals surface area contributed by atoms with Crippen molar-refractivity contribution in [2.24, 2.45) is 0 Å². The van der Waals surface area contributed by atoms with E-state index in [9.17, 15) is 9.59 Å². The maximum absolute atomic E-state index is 13.4. The molecule has 33 heavy (non-hydrogen) atoms. The molecule has 1 atom stereocenters. The lowest BCUT2D eigenvalue weighted by Crippen LogP contribution is -2.42. The Morgan fingerprint density at radius 1 is 1.18 bits per heavy atom. The van der Waals surface area contributed by atoms with Gasteiger partial charge in [-0.3, -0.25) is 24.7 Å². The van der Waals surface area contributed by atoms with Crippen molar-refractivity contribution >= 4 is 22.8 Å². The number of carbonyl (C=O) groups excluding carboxylic acids is 2. The van der Waals surface area contributed by atoms with Gasteiger partial charge < -0.3 is 10.2 Å². The Morgan fingerprint density at radius 2 is 2.06 bits per heavy atom. The first kappa shape index (κ1) is 20.7. The number of hydrogen-bond acceptors (Lipinski definition) is 6. The van der Waals surface area contributed by atoms with Gasteiger partial charge in [-0.25, -0.2) is 4.98 Å². The number of hydrogen-bond donors (Lipinski definition) is 2. The normalized spacial score (nSPS) is 15.3. The van der Waals surface area contributed by atoms with Gasteiger partial charge in [-0.15, -0.1) is 0 Å². The zero-order valence-corrected chi connectivity index (χ0v) is 18.2. The van der Waals surface area contributed by atoms with E-state index in [1.54, 1.807) is 24.8 Å². The molecule has 166 valence electrons. The summed E-state index contributed by atoms with van der Waals surface area (Å²) in [5.41, 5.74) is 4.85. The Labute approximate surface area is 190 Å². The van der Waals surface area contributed by atoms with E-state index in [0.29, 0.717) is 36.5 Å². The summed E-state index contributed by atoms with van der Waals surface area (Å²) in [5, 5.41) is 10.9. The standard InChI is InChI=1S/C24H23N7O2/c1-15-21-8-17(10-28-23(21)30-29-15)24(33)31-13-16-4-2-3-5-20(16)18(14-31)11-27-22(32)9-19-12-25-6-7-26-19/h2-8,10,12,18H,9,11,13-14H2,1H3,(H,27,32)(H,28,29,30). The zero-order chi connectivity index (χ0) is 22.8. The number of H-pyrrole nitrogens is 1. The molecule has 0 saturated heterocycles. The van der Waals surface area contributed by atoms with E-state index in [1.165, 1.54) is 0 Å². The number of aromatic amines is 1. The largest absolute Gasteiger partial charge is 0.355 e. The topological polar surface area (TPSA) is 117 Å². The predicted octanol–water partition coefficient (Wildman–Crippen LogP) is 2.15. The zero-order valence-electron chi connectivity index (χ0n) is 18.2. The molecule has 0 spiro atoms. The van der Waals surface area contributed by atoms with Crippen LogP contribution in [-0.2, 0) is 17.8 Å². The average Bonchev–Trinajstić information content (AvgIpc) is 3.22. The number of benzene rings is 1. The maximum atomic E-state index is 13.4. The van der Waals surface area contributed by atoms with Gasteiger partial charge in [0.15, 0.2) is 5.65 Å². The molecule has 4 heterocycles. The van der Waals surface area contributed by atoms with Crippen LogP contribution in [0.25, 0.3) is 11.0 Å². The third kappa shape index (κ3) is 4.30. The molecule has 0 saturated carbocycles. The van der Waals surface area contributed by atoms with Crippen LogP contribution in [0.4, 0.5) is 0 Å². The van der Waals surface area contributed by atoms with Crippen LogP contribution in [-0.4, -0.2) is 55.0 Å². The first-order valence-electron chi connectivity index (χ1n) is 10.8. The third-order valence-electron chi connectivity index (χ3n) is 5.94. The number of rotatable bonds is 5. The van der Waals surface area contributed by atoms with Gasteiger partial charge in [-0.05, 0) is 24.1 Å². The molecule has 1 aliphatic rings. The summed E-state index contributed by atoms with van der Waals surface area (Å²) in [6, 6.07) is 9.90. The van der Waals surface area contributed by atoms with Crippen molar-refractivity contribution in [3.8, 4) is 0 Å². The van der Waals surface area contributed by atoms with Gasteiger partial charge in [-0.2, -0.15) is 5.10 Å². The van der Waals surface area contributed by atoms with Crippen molar-refractivity contribution in [3.05, 3.63) is 83.2 Å². The molecule has 0 fully saturated rings. The van der Waals surface area contributed by atoms with Crippen LogP contribution >= 0.6 is 0 Å². The molecule has 2 amide bonds. The molecule has 0 bridgehead atoms. The first-order chi connectivity index (χ1) is 16.1. The Bertz CT molecular complexity index is 1320. The summed E-state index contributed by atoms with van der Waals surface area (Å²) in [7, 11) is 0. The first-order valence-corrected chi connectivity index (χ1v) is 10.8. The average molecular weight is 441 g/mol. The minimum absolute atomic E-state index is 0.0166. The molecule has 0 aliphatic carbocycles. The minimum Gasteiger partial charge on any atom is -0.355 e. The molecule has 1 aliphatic heterocycles. The van der Waals surface area contributed by atoms with Gasteiger partial charge in [-0.1, -0.05) is 24.3 Å². The Hall–Kier alpha value is -4.14. The molecule has 1 aromatic carbocycles. The van der Waals surface area contributed by atoms with Crippen LogP contribution in [0.5, 0.6) is 0 Å². The molecular weight excluding hydrogens is 418 g/mol. The van der Waals surface area contributed by atoms with Crippen LogP contribution in [0, 0.1) is 6.92 Å². The van der Waals surface area contributed by atoms with E-state index >= 15 is 0 Å². The molecule has 4 aromatic rings. The molecule has 9 heteroatoms. The van der Waals surface area contributed by atoms with Gasteiger partial charge in [0.25, 0.3) is 5.91 Å². The van der Waals surface area contributed by atoms with Gasteiger partial charge in [0.2, 0.25) is 5.91 Å².